The number of ketones is 1. The van der Waals surface area contributed by atoms with E-state index >= 15 is 0 Å². The maximum atomic E-state index is 11.6. The van der Waals surface area contributed by atoms with Crippen LogP contribution in [0.15, 0.2) is 24.3 Å². The summed E-state index contributed by atoms with van der Waals surface area (Å²) in [6.07, 6.45) is 0. The van der Waals surface area contributed by atoms with Crippen molar-refractivity contribution in [1.29, 1.82) is 0 Å². The second-order valence-electron chi connectivity index (χ2n) is 4.73. The predicted octanol–water partition coefficient (Wildman–Crippen LogP) is 0.755. The van der Waals surface area contributed by atoms with Crippen LogP contribution in [-0.4, -0.2) is 48.3 Å². The molecule has 0 fully saturated rings. The normalized spacial score (nSPS) is 9.95. The highest BCUT2D eigenvalue weighted by Gasteiger charge is 2.22. The molecule has 0 atom stereocenters. The van der Waals surface area contributed by atoms with Crippen LogP contribution in [0, 0.1) is 0 Å². The Bertz CT molecular complexity index is 526. The van der Waals surface area contributed by atoms with Gasteiger partial charge in [-0.2, -0.15) is 0 Å². The number of carbonyl (C=O) groups is 3. The van der Waals surface area contributed by atoms with Gasteiger partial charge in [-0.15, -0.1) is 0 Å². The third-order valence-electron chi connectivity index (χ3n) is 2.68. The lowest BCUT2D eigenvalue weighted by atomic mass is 10.1. The lowest BCUT2D eigenvalue weighted by molar-refractivity contribution is -0.156. The molecule has 0 radical (unpaired) electrons. The minimum absolute atomic E-state index is 0.0897. The first-order chi connectivity index (χ1) is 9.31. The van der Waals surface area contributed by atoms with Crippen LogP contribution in [0.2, 0.25) is 0 Å². The first-order valence-electron chi connectivity index (χ1n) is 6.09. The third-order valence-corrected chi connectivity index (χ3v) is 2.68. The van der Waals surface area contributed by atoms with Crippen LogP contribution in [0.4, 0.5) is 5.69 Å². The van der Waals surface area contributed by atoms with Crippen molar-refractivity contribution in [2.45, 2.75) is 13.5 Å². The van der Waals surface area contributed by atoms with Gasteiger partial charge in [-0.25, -0.2) is 4.79 Å². The van der Waals surface area contributed by atoms with Gasteiger partial charge in [0.1, 0.15) is 5.78 Å². The molecule has 1 rings (SSSR count). The minimum atomic E-state index is -1.56. The average molecular weight is 278 g/mol. The van der Waals surface area contributed by atoms with E-state index < -0.39 is 11.9 Å². The lowest BCUT2D eigenvalue weighted by Crippen LogP contribution is -2.38. The van der Waals surface area contributed by atoms with Crippen molar-refractivity contribution in [3.05, 3.63) is 29.8 Å². The van der Waals surface area contributed by atoms with Crippen molar-refractivity contribution in [1.82, 2.24) is 4.90 Å². The van der Waals surface area contributed by atoms with Crippen molar-refractivity contribution in [3.8, 4) is 0 Å². The number of hydrogen-bond donors (Lipinski definition) is 1. The fraction of sp³-hybridized carbons (Fsp3) is 0.357. The standard InChI is InChI=1S/C14H18N2O4/c1-10(17)8-16(13(18)14(19)20)9-11-5-4-6-12(7-11)15(2)3/h4-7H,8-9H2,1-3H3,(H,19,20). The van der Waals surface area contributed by atoms with Gasteiger partial charge in [-0.1, -0.05) is 12.1 Å². The molecule has 0 aromatic heterocycles. The number of carboxylic acids is 1. The monoisotopic (exact) mass is 278 g/mol. The zero-order valence-electron chi connectivity index (χ0n) is 11.8. The van der Waals surface area contributed by atoms with Gasteiger partial charge in [-0.3, -0.25) is 9.59 Å². The maximum absolute atomic E-state index is 11.6. The van der Waals surface area contributed by atoms with Crippen molar-refractivity contribution in [2.75, 3.05) is 25.5 Å². The fourth-order valence-electron chi connectivity index (χ4n) is 1.76. The molecule has 6 nitrogen and oxygen atoms in total. The SMILES string of the molecule is CC(=O)CN(Cc1cccc(N(C)C)c1)C(=O)C(=O)O. The molecule has 0 spiro atoms. The molecule has 0 aliphatic rings. The van der Waals surface area contributed by atoms with Crippen molar-refractivity contribution < 1.29 is 19.5 Å². The van der Waals surface area contributed by atoms with Gasteiger partial charge in [0.2, 0.25) is 0 Å². The summed E-state index contributed by atoms with van der Waals surface area (Å²) in [6.45, 7) is 1.20. The number of carboxylic acid groups (broad SMARTS) is 1. The average Bonchev–Trinajstić information content (AvgIpc) is 2.36. The van der Waals surface area contributed by atoms with E-state index in [1.54, 1.807) is 6.07 Å². The number of amides is 1. The number of anilines is 1. The van der Waals surface area contributed by atoms with Crippen molar-refractivity contribution in [3.63, 3.8) is 0 Å². The number of hydrogen-bond acceptors (Lipinski definition) is 4. The zero-order valence-corrected chi connectivity index (χ0v) is 11.8. The van der Waals surface area contributed by atoms with Gasteiger partial charge in [0.15, 0.2) is 0 Å². The molecule has 1 aromatic rings. The topological polar surface area (TPSA) is 77.9 Å². The Labute approximate surface area is 117 Å². The van der Waals surface area contributed by atoms with E-state index in [2.05, 4.69) is 0 Å². The molecular formula is C14H18N2O4. The predicted molar refractivity (Wildman–Crippen MR) is 74.5 cm³/mol. The first kappa shape index (κ1) is 15.7. The Morgan fingerprint density at radius 3 is 2.35 bits per heavy atom. The number of aliphatic carboxylic acids is 1. The molecular weight excluding hydrogens is 260 g/mol. The second-order valence-corrected chi connectivity index (χ2v) is 4.73. The molecule has 0 saturated carbocycles. The molecule has 20 heavy (non-hydrogen) atoms. The Morgan fingerprint density at radius 1 is 1.20 bits per heavy atom. The van der Waals surface area contributed by atoms with Crippen molar-refractivity contribution in [2.24, 2.45) is 0 Å². The number of benzene rings is 1. The molecule has 0 aliphatic carbocycles. The molecule has 0 bridgehead atoms. The summed E-state index contributed by atoms with van der Waals surface area (Å²) in [5.74, 6) is -2.89. The molecule has 1 amide bonds. The highest BCUT2D eigenvalue weighted by atomic mass is 16.4. The summed E-state index contributed by atoms with van der Waals surface area (Å²) < 4.78 is 0. The van der Waals surface area contributed by atoms with E-state index in [1.807, 2.05) is 37.2 Å². The first-order valence-corrected chi connectivity index (χ1v) is 6.09. The highest BCUT2D eigenvalue weighted by molar-refractivity contribution is 6.31. The summed E-state index contributed by atoms with van der Waals surface area (Å²) >= 11 is 0. The van der Waals surface area contributed by atoms with E-state index in [9.17, 15) is 14.4 Å². The largest absolute Gasteiger partial charge is 0.474 e. The summed E-state index contributed by atoms with van der Waals surface area (Å²) in [5, 5.41) is 8.78. The minimum Gasteiger partial charge on any atom is -0.474 e. The van der Waals surface area contributed by atoms with Gasteiger partial charge < -0.3 is 14.9 Å². The van der Waals surface area contributed by atoms with Crippen LogP contribution in [-0.2, 0) is 20.9 Å². The number of carbonyl (C=O) groups excluding carboxylic acids is 2. The van der Waals surface area contributed by atoms with E-state index in [-0.39, 0.29) is 18.9 Å². The Balaban J connectivity index is 2.94. The van der Waals surface area contributed by atoms with E-state index in [1.165, 1.54) is 6.92 Å². The number of nitrogens with zero attached hydrogens (tertiary/aromatic N) is 2. The molecule has 0 aliphatic heterocycles. The smallest absolute Gasteiger partial charge is 0.394 e. The molecule has 1 N–H and O–H groups in total. The van der Waals surface area contributed by atoms with Crippen LogP contribution >= 0.6 is 0 Å². The van der Waals surface area contributed by atoms with E-state index in [0.717, 1.165) is 16.2 Å². The van der Waals surface area contributed by atoms with Crippen LogP contribution in [0.25, 0.3) is 0 Å². The van der Waals surface area contributed by atoms with Crippen LogP contribution in [0.5, 0.6) is 0 Å². The lowest BCUT2D eigenvalue weighted by Gasteiger charge is -2.20. The second kappa shape index (κ2) is 6.70. The van der Waals surface area contributed by atoms with E-state index in [4.69, 9.17) is 5.11 Å². The summed E-state index contributed by atoms with van der Waals surface area (Å²) in [6, 6.07) is 7.36. The quantitative estimate of drug-likeness (QED) is 0.804. The van der Waals surface area contributed by atoms with Crippen LogP contribution in [0.3, 0.4) is 0 Å². The Kier molecular flexibility index (Phi) is 5.25. The fourth-order valence-corrected chi connectivity index (χ4v) is 1.76. The molecule has 0 unspecified atom stereocenters. The molecule has 108 valence electrons. The highest BCUT2D eigenvalue weighted by Crippen LogP contribution is 2.15. The van der Waals surface area contributed by atoms with Crippen LogP contribution in [0.1, 0.15) is 12.5 Å². The molecule has 0 heterocycles. The number of Topliss-reactive ketones (excluding diaryl/α,β-unsaturated/α-hetero) is 1. The maximum Gasteiger partial charge on any atom is 0.394 e. The Hall–Kier alpha value is -2.37. The van der Waals surface area contributed by atoms with Crippen molar-refractivity contribution >= 4 is 23.3 Å². The Morgan fingerprint density at radius 2 is 1.85 bits per heavy atom. The van der Waals surface area contributed by atoms with Gasteiger partial charge in [0.05, 0.1) is 6.54 Å². The molecule has 6 heteroatoms. The van der Waals surface area contributed by atoms with Gasteiger partial charge in [-0.05, 0) is 24.6 Å². The molecule has 1 aromatic carbocycles. The zero-order chi connectivity index (χ0) is 15.3. The summed E-state index contributed by atoms with van der Waals surface area (Å²) in [7, 11) is 3.77. The molecule has 0 saturated heterocycles. The van der Waals surface area contributed by atoms with Gasteiger partial charge in [0.25, 0.3) is 0 Å². The summed E-state index contributed by atoms with van der Waals surface area (Å²) in [5.41, 5.74) is 1.71. The number of rotatable bonds is 5. The van der Waals surface area contributed by atoms with Gasteiger partial charge in [0, 0.05) is 26.3 Å². The van der Waals surface area contributed by atoms with Crippen LogP contribution < -0.4 is 4.90 Å². The third kappa shape index (κ3) is 4.38. The van der Waals surface area contributed by atoms with Gasteiger partial charge >= 0.3 is 11.9 Å². The van der Waals surface area contributed by atoms with E-state index in [0.29, 0.717) is 0 Å². The summed E-state index contributed by atoms with van der Waals surface area (Å²) in [4.78, 5) is 36.4.